The minimum absolute atomic E-state index is 0.264. The second-order valence-electron chi connectivity index (χ2n) is 7.24. The van der Waals surface area contributed by atoms with Crippen molar-refractivity contribution in [1.29, 1.82) is 0 Å². The highest BCUT2D eigenvalue weighted by molar-refractivity contribution is 5.84. The van der Waals surface area contributed by atoms with Gasteiger partial charge in [-0.05, 0) is 31.2 Å². The third-order valence-electron chi connectivity index (χ3n) is 5.03. The molecule has 32 heavy (non-hydrogen) atoms. The second-order valence-corrected chi connectivity index (χ2v) is 7.24. The molecule has 0 spiro atoms. The Labute approximate surface area is 183 Å². The molecule has 4 rings (SSSR count). The van der Waals surface area contributed by atoms with Crippen molar-refractivity contribution in [2.24, 2.45) is 0 Å². The molecule has 1 atom stereocenters. The number of hydrogen-bond donors (Lipinski definition) is 0. The van der Waals surface area contributed by atoms with Crippen molar-refractivity contribution in [3.05, 3.63) is 59.2 Å². The summed E-state index contributed by atoms with van der Waals surface area (Å²) in [6, 6.07) is 9.60. The molecular weight excluding hydrogens is 416 g/mol. The third kappa shape index (κ3) is 5.02. The van der Waals surface area contributed by atoms with Gasteiger partial charge < -0.3 is 23.7 Å². The highest BCUT2D eigenvalue weighted by atomic mass is 16.6. The topological polar surface area (TPSA) is 115 Å². The quantitative estimate of drug-likeness (QED) is 0.414. The lowest BCUT2D eigenvalue weighted by Crippen LogP contribution is -2.52. The summed E-state index contributed by atoms with van der Waals surface area (Å²) in [5.41, 5.74) is -0.120. The molecule has 1 aliphatic heterocycles. The van der Waals surface area contributed by atoms with Crippen molar-refractivity contribution in [3.63, 3.8) is 0 Å². The van der Waals surface area contributed by atoms with E-state index in [1.54, 1.807) is 41.6 Å². The molecule has 10 heteroatoms. The smallest absolute Gasteiger partial charge is 0.344 e. The summed E-state index contributed by atoms with van der Waals surface area (Å²) in [4.78, 5) is 48.2. The molecule has 10 nitrogen and oxygen atoms in total. The van der Waals surface area contributed by atoms with Gasteiger partial charge in [0.05, 0.1) is 0 Å². The number of rotatable bonds is 6. The molecule has 2 aromatic heterocycles. The average Bonchev–Trinajstić information content (AvgIpc) is 2.82. The van der Waals surface area contributed by atoms with Crippen LogP contribution >= 0.6 is 0 Å². The minimum Gasteiger partial charge on any atom is -0.482 e. The van der Waals surface area contributed by atoms with E-state index < -0.39 is 17.7 Å². The molecule has 3 heterocycles. The number of hydrogen-bond acceptors (Lipinski definition) is 9. The summed E-state index contributed by atoms with van der Waals surface area (Å²) in [6.45, 7) is 3.32. The Morgan fingerprint density at radius 1 is 1.09 bits per heavy atom. The molecular formula is C22H22N4O6. The molecule has 3 aromatic rings. The molecule has 1 aromatic carbocycles. The number of nitrogens with zero attached hydrogens (tertiary/aromatic N) is 4. The lowest BCUT2D eigenvalue weighted by molar-refractivity contribution is -0.160. The molecule has 1 fully saturated rings. The number of benzene rings is 1. The van der Waals surface area contributed by atoms with Gasteiger partial charge in [-0.1, -0.05) is 0 Å². The van der Waals surface area contributed by atoms with E-state index in [4.69, 9.17) is 13.9 Å². The van der Waals surface area contributed by atoms with Crippen LogP contribution in [0.15, 0.2) is 58.0 Å². The van der Waals surface area contributed by atoms with Crippen LogP contribution in [-0.2, 0) is 14.3 Å². The number of fused-ring (bicyclic) bond motifs is 1. The van der Waals surface area contributed by atoms with Gasteiger partial charge >= 0.3 is 11.6 Å². The zero-order valence-electron chi connectivity index (χ0n) is 17.5. The fourth-order valence-electron chi connectivity index (χ4n) is 3.39. The van der Waals surface area contributed by atoms with Gasteiger partial charge in [0.1, 0.15) is 11.3 Å². The van der Waals surface area contributed by atoms with Crippen LogP contribution in [0.3, 0.4) is 0 Å². The molecule has 0 bridgehead atoms. The van der Waals surface area contributed by atoms with Gasteiger partial charge in [-0.2, -0.15) is 0 Å². The van der Waals surface area contributed by atoms with E-state index in [9.17, 15) is 14.4 Å². The highest BCUT2D eigenvalue weighted by Gasteiger charge is 2.28. The van der Waals surface area contributed by atoms with Crippen LogP contribution in [0.1, 0.15) is 6.92 Å². The van der Waals surface area contributed by atoms with Crippen molar-refractivity contribution in [2.45, 2.75) is 13.0 Å². The molecule has 0 N–H and O–H groups in total. The van der Waals surface area contributed by atoms with Crippen molar-refractivity contribution in [3.8, 4) is 5.75 Å². The normalized spacial score (nSPS) is 14.8. The van der Waals surface area contributed by atoms with Crippen LogP contribution in [0.5, 0.6) is 5.75 Å². The van der Waals surface area contributed by atoms with E-state index in [-0.39, 0.29) is 12.5 Å². The number of piperazine rings is 1. The average molecular weight is 438 g/mol. The number of esters is 1. The lowest BCUT2D eigenvalue weighted by Gasteiger charge is -2.35. The van der Waals surface area contributed by atoms with E-state index in [1.807, 2.05) is 4.90 Å². The maximum absolute atomic E-state index is 12.6. The van der Waals surface area contributed by atoms with Crippen molar-refractivity contribution >= 4 is 28.8 Å². The predicted octanol–water partition coefficient (Wildman–Crippen LogP) is 1.24. The van der Waals surface area contributed by atoms with E-state index >= 15 is 0 Å². The van der Waals surface area contributed by atoms with Gasteiger partial charge in [-0.15, -0.1) is 0 Å². The Morgan fingerprint density at radius 3 is 2.56 bits per heavy atom. The summed E-state index contributed by atoms with van der Waals surface area (Å²) in [7, 11) is 0. The third-order valence-corrected chi connectivity index (χ3v) is 5.03. The molecule has 1 saturated heterocycles. The van der Waals surface area contributed by atoms with Crippen LogP contribution in [0.4, 0.5) is 5.95 Å². The number of amides is 1. The minimum atomic E-state index is -0.930. The first-order valence-electron chi connectivity index (χ1n) is 10.2. The molecule has 0 aliphatic carbocycles. The van der Waals surface area contributed by atoms with Crippen LogP contribution in [-0.4, -0.2) is 65.6 Å². The van der Waals surface area contributed by atoms with Gasteiger partial charge in [0.25, 0.3) is 5.91 Å². The van der Waals surface area contributed by atoms with Crippen molar-refractivity contribution in [1.82, 2.24) is 14.9 Å². The number of carbonyl (C=O) groups excluding carboxylic acids is 2. The van der Waals surface area contributed by atoms with Gasteiger partial charge in [-0.3, -0.25) is 4.79 Å². The summed E-state index contributed by atoms with van der Waals surface area (Å²) in [5, 5.41) is 0.734. The summed E-state index contributed by atoms with van der Waals surface area (Å²) in [5.74, 6) is 0.0439. The predicted molar refractivity (Wildman–Crippen MR) is 114 cm³/mol. The standard InChI is InChI=1S/C22H22N4O6/c1-15(21(29)25-9-11-26(12-10-25)22-23-7-2-8-24-22)31-20(28)14-30-17-5-3-16-4-6-19(27)32-18(16)13-17/h2-8,13,15H,9-12,14H2,1H3. The van der Waals surface area contributed by atoms with Crippen molar-refractivity contribution in [2.75, 3.05) is 37.7 Å². The highest BCUT2D eigenvalue weighted by Crippen LogP contribution is 2.19. The first-order valence-corrected chi connectivity index (χ1v) is 10.2. The first-order chi connectivity index (χ1) is 15.5. The Hall–Kier alpha value is -3.95. The number of carbonyl (C=O) groups is 2. The van der Waals surface area contributed by atoms with Gasteiger partial charge in [-0.25, -0.2) is 19.6 Å². The van der Waals surface area contributed by atoms with E-state index in [0.717, 1.165) is 5.39 Å². The molecule has 1 aliphatic rings. The fraction of sp³-hybridized carbons (Fsp3) is 0.318. The lowest BCUT2D eigenvalue weighted by atomic mass is 10.2. The monoisotopic (exact) mass is 438 g/mol. The second kappa shape index (κ2) is 9.46. The fourth-order valence-corrected chi connectivity index (χ4v) is 3.39. The SMILES string of the molecule is CC(OC(=O)COc1ccc2ccc(=O)oc2c1)C(=O)N1CCN(c2ncccn2)CC1. The zero-order valence-corrected chi connectivity index (χ0v) is 17.5. The van der Waals surface area contributed by atoms with Gasteiger partial charge in [0, 0.05) is 56.1 Å². The maximum Gasteiger partial charge on any atom is 0.344 e. The summed E-state index contributed by atoms with van der Waals surface area (Å²) >= 11 is 0. The Balaban J connectivity index is 1.25. The molecule has 166 valence electrons. The van der Waals surface area contributed by atoms with E-state index in [0.29, 0.717) is 43.5 Å². The first kappa shape index (κ1) is 21.3. The van der Waals surface area contributed by atoms with Crippen LogP contribution in [0.25, 0.3) is 11.0 Å². The largest absolute Gasteiger partial charge is 0.482 e. The molecule has 1 amide bonds. The van der Waals surface area contributed by atoms with Crippen LogP contribution < -0.4 is 15.3 Å². The number of anilines is 1. The summed E-state index contributed by atoms with van der Waals surface area (Å²) < 4.78 is 15.8. The van der Waals surface area contributed by atoms with E-state index in [1.165, 1.54) is 19.1 Å². The van der Waals surface area contributed by atoms with E-state index in [2.05, 4.69) is 9.97 Å². The molecule has 0 saturated carbocycles. The Kier molecular flexibility index (Phi) is 6.29. The number of ether oxygens (including phenoxy) is 2. The zero-order chi connectivity index (χ0) is 22.5. The van der Waals surface area contributed by atoms with Gasteiger partial charge in [0.15, 0.2) is 12.7 Å². The number of aromatic nitrogens is 2. The Morgan fingerprint density at radius 2 is 1.81 bits per heavy atom. The van der Waals surface area contributed by atoms with Crippen LogP contribution in [0, 0.1) is 0 Å². The molecule has 1 unspecified atom stereocenters. The Bertz CT molecular complexity index is 1160. The summed E-state index contributed by atoms with van der Waals surface area (Å²) in [6.07, 6.45) is 2.43. The van der Waals surface area contributed by atoms with Crippen LogP contribution in [0.2, 0.25) is 0 Å². The van der Waals surface area contributed by atoms with Gasteiger partial charge in [0.2, 0.25) is 5.95 Å². The maximum atomic E-state index is 12.6. The molecule has 0 radical (unpaired) electrons. The van der Waals surface area contributed by atoms with Crippen molar-refractivity contribution < 1.29 is 23.5 Å².